The second-order valence-electron chi connectivity index (χ2n) is 5.37. The van der Waals surface area contributed by atoms with Crippen LogP contribution in [0.4, 0.5) is 11.6 Å². The summed E-state index contributed by atoms with van der Waals surface area (Å²) in [6.45, 7) is 6.40. The Kier molecular flexibility index (Phi) is 5.73. The van der Waals surface area contributed by atoms with Crippen molar-refractivity contribution < 1.29 is 4.79 Å². The smallest absolute Gasteiger partial charge is 0.227 e. The zero-order chi connectivity index (χ0) is 15.2. The molecular formula is C14H25N5O. The van der Waals surface area contributed by atoms with Crippen molar-refractivity contribution in [2.75, 3.05) is 31.3 Å². The van der Waals surface area contributed by atoms with Crippen LogP contribution in [0.25, 0.3) is 0 Å². The molecule has 1 aromatic heterocycles. The van der Waals surface area contributed by atoms with E-state index in [0.717, 1.165) is 30.3 Å². The summed E-state index contributed by atoms with van der Waals surface area (Å²) >= 11 is 0. The third kappa shape index (κ3) is 4.36. The molecule has 0 bridgehead atoms. The third-order valence-electron chi connectivity index (χ3n) is 3.06. The minimum Gasteiger partial charge on any atom is -0.373 e. The number of amides is 1. The van der Waals surface area contributed by atoms with E-state index in [-0.39, 0.29) is 5.91 Å². The minimum absolute atomic E-state index is 0.00155. The Morgan fingerprint density at radius 1 is 1.25 bits per heavy atom. The molecular weight excluding hydrogens is 254 g/mol. The number of aryl methyl sites for hydroxylation is 1. The van der Waals surface area contributed by atoms with E-state index >= 15 is 0 Å². The number of carbonyl (C=O) groups excluding carboxylic acids is 1. The Morgan fingerprint density at radius 2 is 1.90 bits per heavy atom. The van der Waals surface area contributed by atoms with Gasteiger partial charge in [0.15, 0.2) is 0 Å². The number of hydrogen-bond acceptors (Lipinski definition) is 5. The van der Waals surface area contributed by atoms with Crippen molar-refractivity contribution in [3.8, 4) is 0 Å². The first-order chi connectivity index (χ1) is 9.42. The first-order valence-corrected chi connectivity index (χ1v) is 6.94. The van der Waals surface area contributed by atoms with Crippen molar-refractivity contribution >= 4 is 17.5 Å². The van der Waals surface area contributed by atoms with Gasteiger partial charge in [-0.05, 0) is 20.3 Å². The maximum Gasteiger partial charge on any atom is 0.227 e. The van der Waals surface area contributed by atoms with E-state index in [0.29, 0.717) is 6.54 Å². The van der Waals surface area contributed by atoms with Gasteiger partial charge in [0, 0.05) is 33.1 Å². The molecule has 0 saturated carbocycles. The largest absolute Gasteiger partial charge is 0.373 e. The maximum absolute atomic E-state index is 11.8. The fourth-order valence-corrected chi connectivity index (χ4v) is 1.78. The molecule has 0 fully saturated rings. The molecule has 1 heterocycles. The highest BCUT2D eigenvalue weighted by Gasteiger charge is 2.26. The molecule has 0 radical (unpaired) electrons. The van der Waals surface area contributed by atoms with E-state index in [1.165, 1.54) is 0 Å². The van der Waals surface area contributed by atoms with Crippen LogP contribution in [0.5, 0.6) is 0 Å². The van der Waals surface area contributed by atoms with Crippen molar-refractivity contribution in [2.24, 2.45) is 5.41 Å². The van der Waals surface area contributed by atoms with Gasteiger partial charge < -0.3 is 16.0 Å². The van der Waals surface area contributed by atoms with Crippen LogP contribution in [-0.2, 0) is 11.2 Å². The molecule has 1 aromatic rings. The van der Waals surface area contributed by atoms with Crippen LogP contribution in [0.1, 0.15) is 33.0 Å². The standard InChI is InChI=1S/C14H25N5O/c1-6-7-10-18-11(15-4)8-12(19-10)17-9-14(2,3)13(20)16-5/h8H,6-7,9H2,1-5H3,(H,16,20)(H2,15,17,18,19). The molecule has 0 saturated heterocycles. The van der Waals surface area contributed by atoms with Crippen LogP contribution in [0.2, 0.25) is 0 Å². The summed E-state index contributed by atoms with van der Waals surface area (Å²) in [5.74, 6) is 2.33. The number of carbonyl (C=O) groups is 1. The normalized spacial score (nSPS) is 11.1. The van der Waals surface area contributed by atoms with Crippen LogP contribution in [0, 0.1) is 5.41 Å². The van der Waals surface area contributed by atoms with Gasteiger partial charge in [-0.2, -0.15) is 0 Å². The van der Waals surface area contributed by atoms with Gasteiger partial charge in [0.2, 0.25) is 5.91 Å². The minimum atomic E-state index is -0.496. The Morgan fingerprint density at radius 3 is 2.45 bits per heavy atom. The molecule has 1 rings (SSSR count). The van der Waals surface area contributed by atoms with E-state index in [1.807, 2.05) is 27.0 Å². The van der Waals surface area contributed by atoms with E-state index < -0.39 is 5.41 Å². The molecule has 20 heavy (non-hydrogen) atoms. The molecule has 112 valence electrons. The fraction of sp³-hybridized carbons (Fsp3) is 0.643. The zero-order valence-electron chi connectivity index (χ0n) is 13.0. The Balaban J connectivity index is 2.81. The molecule has 0 atom stereocenters. The van der Waals surface area contributed by atoms with Crippen molar-refractivity contribution in [1.29, 1.82) is 0 Å². The highest BCUT2D eigenvalue weighted by molar-refractivity contribution is 5.82. The summed E-state index contributed by atoms with van der Waals surface area (Å²) in [7, 11) is 3.48. The molecule has 0 spiro atoms. The van der Waals surface area contributed by atoms with E-state index in [9.17, 15) is 4.79 Å². The number of hydrogen-bond donors (Lipinski definition) is 3. The lowest BCUT2D eigenvalue weighted by atomic mass is 9.92. The SMILES string of the molecule is CCCc1nc(NC)cc(NCC(C)(C)C(=O)NC)n1. The summed E-state index contributed by atoms with van der Waals surface area (Å²) in [6, 6.07) is 1.85. The number of nitrogens with zero attached hydrogens (tertiary/aromatic N) is 2. The molecule has 6 heteroatoms. The quantitative estimate of drug-likeness (QED) is 0.707. The molecule has 0 unspecified atom stereocenters. The van der Waals surface area contributed by atoms with Crippen molar-refractivity contribution in [3.05, 3.63) is 11.9 Å². The highest BCUT2D eigenvalue weighted by Crippen LogP contribution is 2.18. The molecule has 0 aromatic carbocycles. The van der Waals surface area contributed by atoms with E-state index in [1.54, 1.807) is 7.05 Å². The Bertz CT molecular complexity index is 459. The van der Waals surface area contributed by atoms with E-state index in [4.69, 9.17) is 0 Å². The highest BCUT2D eigenvalue weighted by atomic mass is 16.2. The lowest BCUT2D eigenvalue weighted by molar-refractivity contribution is -0.128. The first kappa shape index (κ1) is 16.2. The van der Waals surface area contributed by atoms with Gasteiger partial charge in [-0.25, -0.2) is 9.97 Å². The van der Waals surface area contributed by atoms with Gasteiger partial charge in [-0.1, -0.05) is 6.92 Å². The summed E-state index contributed by atoms with van der Waals surface area (Å²) in [5, 5.41) is 8.92. The number of anilines is 2. The molecule has 3 N–H and O–H groups in total. The summed E-state index contributed by atoms with van der Waals surface area (Å²) in [4.78, 5) is 20.6. The summed E-state index contributed by atoms with van der Waals surface area (Å²) < 4.78 is 0. The van der Waals surface area contributed by atoms with Crippen LogP contribution in [0.15, 0.2) is 6.07 Å². The molecule has 1 amide bonds. The van der Waals surface area contributed by atoms with Crippen molar-refractivity contribution in [2.45, 2.75) is 33.6 Å². The lowest BCUT2D eigenvalue weighted by Crippen LogP contribution is -2.39. The van der Waals surface area contributed by atoms with Gasteiger partial charge in [0.1, 0.15) is 17.5 Å². The zero-order valence-corrected chi connectivity index (χ0v) is 13.0. The van der Waals surface area contributed by atoms with Gasteiger partial charge in [-0.15, -0.1) is 0 Å². The van der Waals surface area contributed by atoms with Gasteiger partial charge >= 0.3 is 0 Å². The molecule has 0 aliphatic heterocycles. The van der Waals surface area contributed by atoms with Crippen LogP contribution < -0.4 is 16.0 Å². The molecule has 6 nitrogen and oxygen atoms in total. The third-order valence-corrected chi connectivity index (χ3v) is 3.06. The number of aromatic nitrogens is 2. The second kappa shape index (κ2) is 7.07. The topological polar surface area (TPSA) is 78.9 Å². The number of nitrogens with one attached hydrogen (secondary N) is 3. The van der Waals surface area contributed by atoms with Crippen molar-refractivity contribution in [1.82, 2.24) is 15.3 Å². The molecule has 0 aliphatic rings. The van der Waals surface area contributed by atoms with Crippen LogP contribution >= 0.6 is 0 Å². The summed E-state index contributed by atoms with van der Waals surface area (Å²) in [6.07, 6.45) is 1.83. The average Bonchev–Trinajstić information content (AvgIpc) is 2.44. The Labute approximate surface area is 120 Å². The van der Waals surface area contributed by atoms with Gasteiger partial charge in [-0.3, -0.25) is 4.79 Å². The van der Waals surface area contributed by atoms with Crippen LogP contribution in [-0.4, -0.2) is 36.5 Å². The molecule has 0 aliphatic carbocycles. The number of rotatable bonds is 7. The summed E-state index contributed by atoms with van der Waals surface area (Å²) in [5.41, 5.74) is -0.496. The van der Waals surface area contributed by atoms with Gasteiger partial charge in [0.05, 0.1) is 5.41 Å². The average molecular weight is 279 g/mol. The maximum atomic E-state index is 11.8. The van der Waals surface area contributed by atoms with E-state index in [2.05, 4.69) is 32.8 Å². The first-order valence-electron chi connectivity index (χ1n) is 6.94. The Hall–Kier alpha value is -1.85. The monoisotopic (exact) mass is 279 g/mol. The second-order valence-corrected chi connectivity index (χ2v) is 5.37. The van der Waals surface area contributed by atoms with Gasteiger partial charge in [0.25, 0.3) is 0 Å². The predicted octanol–water partition coefficient (Wildman–Crippen LogP) is 1.65. The van der Waals surface area contributed by atoms with Crippen LogP contribution in [0.3, 0.4) is 0 Å². The fourth-order valence-electron chi connectivity index (χ4n) is 1.78. The van der Waals surface area contributed by atoms with Crippen molar-refractivity contribution in [3.63, 3.8) is 0 Å². The predicted molar refractivity (Wildman–Crippen MR) is 81.9 cm³/mol. The lowest BCUT2D eigenvalue weighted by Gasteiger charge is -2.23.